The summed E-state index contributed by atoms with van der Waals surface area (Å²) >= 11 is 0. The molecule has 146 valence electrons. The number of aliphatic carboxylic acids is 1. The summed E-state index contributed by atoms with van der Waals surface area (Å²) in [6, 6.07) is 3.70. The number of rotatable bonds is 7. The number of carbonyl (C=O) groups excluding carboxylic acids is 2. The number of benzene rings is 1. The van der Waals surface area contributed by atoms with Gasteiger partial charge in [0.25, 0.3) is 0 Å². The first-order valence-electron chi connectivity index (χ1n) is 9.52. The first-order valence-corrected chi connectivity index (χ1v) is 9.52. The van der Waals surface area contributed by atoms with Crippen LogP contribution in [0.15, 0.2) is 18.2 Å². The van der Waals surface area contributed by atoms with Gasteiger partial charge in [0.15, 0.2) is 6.04 Å². The van der Waals surface area contributed by atoms with Crippen molar-refractivity contribution >= 4 is 17.8 Å². The second-order valence-corrected chi connectivity index (χ2v) is 7.40. The fraction of sp³-hybridized carbons (Fsp3) is 0.550. The maximum Gasteiger partial charge on any atom is 0.330 e. The third-order valence-corrected chi connectivity index (χ3v) is 5.21. The lowest BCUT2D eigenvalue weighted by Gasteiger charge is -2.19. The second-order valence-electron chi connectivity index (χ2n) is 7.40. The van der Waals surface area contributed by atoms with E-state index in [1.54, 1.807) is 25.1 Å². The standard InChI is InChI=1S/C20H26N2O5/c1-12(21-19(24)13-4-2-3-5-13)10-17(23)22-18(20(25)26)15-6-7-16-14(11-15)8-9-27-16/h6-7,11-13,18H,2-5,8-10H2,1H3,(H,21,24)(H,22,23)(H,25,26). The highest BCUT2D eigenvalue weighted by Gasteiger charge is 2.27. The number of hydrogen-bond acceptors (Lipinski definition) is 4. The summed E-state index contributed by atoms with van der Waals surface area (Å²) in [5, 5.41) is 15.0. The molecule has 2 aliphatic rings. The third kappa shape index (κ3) is 4.78. The van der Waals surface area contributed by atoms with E-state index in [0.717, 1.165) is 43.4 Å². The van der Waals surface area contributed by atoms with E-state index in [2.05, 4.69) is 10.6 Å². The van der Waals surface area contributed by atoms with Gasteiger partial charge in [-0.3, -0.25) is 9.59 Å². The van der Waals surface area contributed by atoms with Gasteiger partial charge >= 0.3 is 5.97 Å². The van der Waals surface area contributed by atoms with Gasteiger partial charge in [0.1, 0.15) is 5.75 Å². The van der Waals surface area contributed by atoms with Gasteiger partial charge in [-0.05, 0) is 43.0 Å². The number of ether oxygens (including phenoxy) is 1. The first kappa shape index (κ1) is 19.2. The van der Waals surface area contributed by atoms with Crippen molar-refractivity contribution in [1.29, 1.82) is 0 Å². The van der Waals surface area contributed by atoms with Crippen LogP contribution in [-0.4, -0.2) is 35.5 Å². The van der Waals surface area contributed by atoms with Crippen LogP contribution in [0.5, 0.6) is 5.75 Å². The zero-order valence-electron chi connectivity index (χ0n) is 15.5. The van der Waals surface area contributed by atoms with Gasteiger partial charge in [0, 0.05) is 24.8 Å². The lowest BCUT2D eigenvalue weighted by atomic mass is 10.0. The summed E-state index contributed by atoms with van der Waals surface area (Å²) in [6.45, 7) is 2.34. The van der Waals surface area contributed by atoms with E-state index >= 15 is 0 Å². The van der Waals surface area contributed by atoms with Crippen molar-refractivity contribution in [2.24, 2.45) is 5.92 Å². The van der Waals surface area contributed by atoms with E-state index in [1.807, 2.05) is 0 Å². The van der Waals surface area contributed by atoms with Crippen molar-refractivity contribution in [2.75, 3.05) is 6.61 Å². The van der Waals surface area contributed by atoms with Gasteiger partial charge in [0.05, 0.1) is 6.61 Å². The highest BCUT2D eigenvalue weighted by Crippen LogP contribution is 2.28. The number of amides is 2. The number of carboxylic acid groups (broad SMARTS) is 1. The topological polar surface area (TPSA) is 105 Å². The number of carbonyl (C=O) groups is 3. The Morgan fingerprint density at radius 3 is 2.67 bits per heavy atom. The van der Waals surface area contributed by atoms with Gasteiger partial charge in [0.2, 0.25) is 11.8 Å². The molecular formula is C20H26N2O5. The molecule has 3 N–H and O–H groups in total. The van der Waals surface area contributed by atoms with Crippen LogP contribution in [0, 0.1) is 5.92 Å². The molecule has 1 aliphatic carbocycles. The lowest BCUT2D eigenvalue weighted by Crippen LogP contribution is -2.41. The van der Waals surface area contributed by atoms with Crippen molar-refractivity contribution in [3.8, 4) is 5.75 Å². The summed E-state index contributed by atoms with van der Waals surface area (Å²) in [6.07, 6.45) is 4.70. The van der Waals surface area contributed by atoms with Crippen molar-refractivity contribution < 1.29 is 24.2 Å². The monoisotopic (exact) mass is 374 g/mol. The second kappa shape index (κ2) is 8.41. The molecule has 0 aromatic heterocycles. The van der Waals surface area contributed by atoms with Crippen molar-refractivity contribution in [1.82, 2.24) is 10.6 Å². The molecule has 3 rings (SSSR count). The minimum Gasteiger partial charge on any atom is -0.493 e. The zero-order chi connectivity index (χ0) is 19.4. The SMILES string of the molecule is CC(CC(=O)NC(C(=O)O)c1ccc2c(c1)CCO2)NC(=O)C1CCCC1. The Morgan fingerprint density at radius 2 is 1.96 bits per heavy atom. The minimum atomic E-state index is -1.12. The molecule has 0 spiro atoms. The lowest BCUT2D eigenvalue weighted by molar-refractivity contribution is -0.142. The predicted molar refractivity (Wildman–Crippen MR) is 98.3 cm³/mol. The number of fused-ring (bicyclic) bond motifs is 1. The first-order chi connectivity index (χ1) is 12.9. The molecule has 1 aromatic rings. The summed E-state index contributed by atoms with van der Waals surface area (Å²) in [5.41, 5.74) is 1.47. The molecule has 27 heavy (non-hydrogen) atoms. The average molecular weight is 374 g/mol. The Morgan fingerprint density at radius 1 is 1.22 bits per heavy atom. The molecule has 2 unspecified atom stereocenters. The van der Waals surface area contributed by atoms with Gasteiger partial charge in [-0.1, -0.05) is 18.9 Å². The molecule has 0 saturated heterocycles. The van der Waals surface area contributed by atoms with Crippen LogP contribution in [-0.2, 0) is 20.8 Å². The maximum atomic E-state index is 12.3. The molecule has 1 heterocycles. The highest BCUT2D eigenvalue weighted by molar-refractivity contribution is 5.85. The Kier molecular flexibility index (Phi) is 5.98. The molecule has 7 heteroatoms. The summed E-state index contributed by atoms with van der Waals surface area (Å²) in [5.74, 6) is -0.738. The smallest absolute Gasteiger partial charge is 0.330 e. The van der Waals surface area contributed by atoms with E-state index in [0.29, 0.717) is 12.2 Å². The largest absolute Gasteiger partial charge is 0.493 e. The molecule has 1 fully saturated rings. The number of nitrogens with one attached hydrogen (secondary N) is 2. The van der Waals surface area contributed by atoms with Crippen LogP contribution in [0.25, 0.3) is 0 Å². The Hall–Kier alpha value is -2.57. The van der Waals surface area contributed by atoms with Crippen molar-refractivity contribution in [3.63, 3.8) is 0 Å². The van der Waals surface area contributed by atoms with Crippen LogP contribution >= 0.6 is 0 Å². The van der Waals surface area contributed by atoms with E-state index in [-0.39, 0.29) is 24.3 Å². The average Bonchev–Trinajstić information content (AvgIpc) is 3.29. The molecule has 7 nitrogen and oxygen atoms in total. The molecule has 2 atom stereocenters. The van der Waals surface area contributed by atoms with Gasteiger partial charge in [-0.25, -0.2) is 4.79 Å². The van der Waals surface area contributed by atoms with Crippen LogP contribution in [0.4, 0.5) is 0 Å². The Bertz CT molecular complexity index is 727. The van der Waals surface area contributed by atoms with E-state index in [9.17, 15) is 19.5 Å². The highest BCUT2D eigenvalue weighted by atomic mass is 16.5. The normalized spacial score (nSPS) is 18.3. The van der Waals surface area contributed by atoms with Crippen molar-refractivity contribution in [2.45, 2.75) is 57.5 Å². The minimum absolute atomic E-state index is 0.0128. The van der Waals surface area contributed by atoms with E-state index in [1.165, 1.54) is 0 Å². The fourth-order valence-corrected chi connectivity index (χ4v) is 3.77. The zero-order valence-corrected chi connectivity index (χ0v) is 15.5. The molecule has 0 radical (unpaired) electrons. The van der Waals surface area contributed by atoms with Gasteiger partial charge < -0.3 is 20.5 Å². The molecule has 1 saturated carbocycles. The Labute approximate surface area is 158 Å². The van der Waals surface area contributed by atoms with E-state index in [4.69, 9.17) is 4.74 Å². The number of carboxylic acids is 1. The molecule has 2 amide bonds. The third-order valence-electron chi connectivity index (χ3n) is 5.21. The molecular weight excluding hydrogens is 348 g/mol. The van der Waals surface area contributed by atoms with Crippen LogP contribution < -0.4 is 15.4 Å². The summed E-state index contributed by atoms with van der Waals surface area (Å²) in [4.78, 5) is 36.1. The van der Waals surface area contributed by atoms with Crippen LogP contribution in [0.3, 0.4) is 0 Å². The molecule has 1 aromatic carbocycles. The van der Waals surface area contributed by atoms with Gasteiger partial charge in [-0.15, -0.1) is 0 Å². The quantitative estimate of drug-likeness (QED) is 0.677. The van der Waals surface area contributed by atoms with Crippen molar-refractivity contribution in [3.05, 3.63) is 29.3 Å². The fourth-order valence-electron chi connectivity index (χ4n) is 3.77. The number of hydrogen-bond donors (Lipinski definition) is 3. The van der Waals surface area contributed by atoms with E-state index < -0.39 is 17.9 Å². The Balaban J connectivity index is 1.57. The molecule has 0 bridgehead atoms. The predicted octanol–water partition coefficient (Wildman–Crippen LogP) is 1.95. The van der Waals surface area contributed by atoms with Crippen LogP contribution in [0.2, 0.25) is 0 Å². The van der Waals surface area contributed by atoms with Crippen LogP contribution in [0.1, 0.15) is 56.2 Å². The molecule has 1 aliphatic heterocycles. The summed E-state index contributed by atoms with van der Waals surface area (Å²) < 4.78 is 5.43. The maximum absolute atomic E-state index is 12.3. The summed E-state index contributed by atoms with van der Waals surface area (Å²) in [7, 11) is 0. The van der Waals surface area contributed by atoms with Gasteiger partial charge in [-0.2, -0.15) is 0 Å².